The second-order valence-corrected chi connectivity index (χ2v) is 6.27. The molecule has 2 aromatic carbocycles. The normalized spacial score (nSPS) is 17.1. The molecular formula is C20H22N2O3. The van der Waals surface area contributed by atoms with Crippen molar-refractivity contribution in [2.75, 3.05) is 16.8 Å². The summed E-state index contributed by atoms with van der Waals surface area (Å²) in [6, 6.07) is 12.5. The van der Waals surface area contributed by atoms with Crippen molar-refractivity contribution in [3.63, 3.8) is 0 Å². The highest BCUT2D eigenvalue weighted by Crippen LogP contribution is 2.27. The fourth-order valence-electron chi connectivity index (χ4n) is 3.13. The van der Waals surface area contributed by atoms with E-state index >= 15 is 0 Å². The van der Waals surface area contributed by atoms with Crippen LogP contribution in [0.4, 0.5) is 11.4 Å². The summed E-state index contributed by atoms with van der Waals surface area (Å²) in [6.07, 6.45) is 0.152. The smallest absolute Gasteiger partial charge is 0.256 e. The molecule has 0 unspecified atom stereocenters. The highest BCUT2D eigenvalue weighted by molar-refractivity contribution is 6.23. The Hall–Kier alpha value is -2.82. The summed E-state index contributed by atoms with van der Waals surface area (Å²) in [7, 11) is 0. The first-order chi connectivity index (χ1) is 12.0. The molecule has 0 aliphatic carbocycles. The van der Waals surface area contributed by atoms with Gasteiger partial charge in [-0.1, -0.05) is 6.07 Å². The maximum Gasteiger partial charge on any atom is 0.256 e. The van der Waals surface area contributed by atoms with Gasteiger partial charge in [-0.3, -0.25) is 9.59 Å². The van der Waals surface area contributed by atoms with Gasteiger partial charge in [0.2, 0.25) is 5.91 Å². The highest BCUT2D eigenvalue weighted by atomic mass is 16.5. The lowest BCUT2D eigenvalue weighted by molar-refractivity contribution is -0.121. The van der Waals surface area contributed by atoms with Gasteiger partial charge in [0, 0.05) is 5.69 Å². The van der Waals surface area contributed by atoms with Crippen molar-refractivity contribution in [1.82, 2.24) is 0 Å². The molecule has 3 rings (SSSR count). The minimum Gasteiger partial charge on any atom is -0.494 e. The van der Waals surface area contributed by atoms with E-state index in [1.54, 1.807) is 24.3 Å². The molecule has 130 valence electrons. The van der Waals surface area contributed by atoms with Crippen molar-refractivity contribution >= 4 is 23.2 Å². The number of hydrogen-bond donors (Lipinski definition) is 1. The van der Waals surface area contributed by atoms with E-state index in [1.807, 2.05) is 32.9 Å². The van der Waals surface area contributed by atoms with Gasteiger partial charge in [0.05, 0.1) is 18.7 Å². The predicted octanol–water partition coefficient (Wildman–Crippen LogP) is 3.45. The van der Waals surface area contributed by atoms with Gasteiger partial charge in [0.1, 0.15) is 11.8 Å². The molecule has 1 atom stereocenters. The molecule has 5 nitrogen and oxygen atoms in total. The first kappa shape index (κ1) is 17.0. The number of nitrogens with one attached hydrogen (secondary N) is 1. The summed E-state index contributed by atoms with van der Waals surface area (Å²) in [5.41, 5.74) is 3.66. The monoisotopic (exact) mass is 338 g/mol. The Morgan fingerprint density at radius 2 is 1.72 bits per heavy atom. The summed E-state index contributed by atoms with van der Waals surface area (Å²) < 4.78 is 5.40. The second kappa shape index (κ2) is 6.97. The van der Waals surface area contributed by atoms with E-state index in [9.17, 15) is 9.59 Å². The molecule has 0 bridgehead atoms. The standard InChI is InChI=1S/C20H22N2O3/c1-4-25-17-7-5-16(6-8-17)22-19(23)12-18(20(22)24)21-15-10-13(2)9-14(3)11-15/h5-11,18,21H,4,12H2,1-3H3/t18-/m0/s1. The topological polar surface area (TPSA) is 58.6 Å². The van der Waals surface area contributed by atoms with Crippen LogP contribution in [-0.2, 0) is 9.59 Å². The summed E-state index contributed by atoms with van der Waals surface area (Å²) in [4.78, 5) is 26.3. The first-order valence-corrected chi connectivity index (χ1v) is 8.42. The van der Waals surface area contributed by atoms with Gasteiger partial charge in [-0.05, 0) is 68.3 Å². The molecule has 1 heterocycles. The Bertz CT molecular complexity index is 779. The van der Waals surface area contributed by atoms with E-state index in [1.165, 1.54) is 4.90 Å². The molecule has 1 fully saturated rings. The van der Waals surface area contributed by atoms with Gasteiger partial charge in [0.25, 0.3) is 5.91 Å². The van der Waals surface area contributed by atoms with Gasteiger partial charge < -0.3 is 10.1 Å². The van der Waals surface area contributed by atoms with Gasteiger partial charge in [-0.15, -0.1) is 0 Å². The molecule has 0 spiro atoms. The molecule has 2 aromatic rings. The van der Waals surface area contributed by atoms with E-state index in [2.05, 4.69) is 11.4 Å². The van der Waals surface area contributed by atoms with Crippen LogP contribution in [0.3, 0.4) is 0 Å². The van der Waals surface area contributed by atoms with E-state index in [-0.39, 0.29) is 18.2 Å². The highest BCUT2D eigenvalue weighted by Gasteiger charge is 2.39. The van der Waals surface area contributed by atoms with Crippen LogP contribution in [0.25, 0.3) is 0 Å². The number of amides is 2. The number of carbonyl (C=O) groups excluding carboxylic acids is 2. The number of benzene rings is 2. The first-order valence-electron chi connectivity index (χ1n) is 8.42. The number of carbonyl (C=O) groups is 2. The Balaban J connectivity index is 1.77. The lowest BCUT2D eigenvalue weighted by atomic mass is 10.1. The summed E-state index contributed by atoms with van der Waals surface area (Å²) in [6.45, 7) is 6.49. The number of aryl methyl sites for hydroxylation is 2. The van der Waals surface area contributed by atoms with E-state index in [4.69, 9.17) is 4.74 Å². The van der Waals surface area contributed by atoms with Crippen LogP contribution in [0.15, 0.2) is 42.5 Å². The molecule has 1 N–H and O–H groups in total. The zero-order chi connectivity index (χ0) is 18.0. The number of imide groups is 1. The lowest BCUT2D eigenvalue weighted by Gasteiger charge is -2.17. The number of ether oxygens (including phenoxy) is 1. The number of anilines is 2. The van der Waals surface area contributed by atoms with Crippen LogP contribution in [0, 0.1) is 13.8 Å². The van der Waals surface area contributed by atoms with Gasteiger partial charge in [-0.25, -0.2) is 4.90 Å². The van der Waals surface area contributed by atoms with Crippen molar-refractivity contribution in [1.29, 1.82) is 0 Å². The van der Waals surface area contributed by atoms with E-state index < -0.39 is 6.04 Å². The Kier molecular flexibility index (Phi) is 4.74. The molecule has 0 aromatic heterocycles. The quantitative estimate of drug-likeness (QED) is 0.849. The predicted molar refractivity (Wildman–Crippen MR) is 98.0 cm³/mol. The molecule has 1 saturated heterocycles. The zero-order valence-electron chi connectivity index (χ0n) is 14.7. The van der Waals surface area contributed by atoms with Crippen molar-refractivity contribution in [2.24, 2.45) is 0 Å². The van der Waals surface area contributed by atoms with Crippen molar-refractivity contribution in [3.8, 4) is 5.75 Å². The average molecular weight is 338 g/mol. The number of hydrogen-bond acceptors (Lipinski definition) is 4. The second-order valence-electron chi connectivity index (χ2n) is 6.27. The third-order valence-electron chi connectivity index (χ3n) is 4.12. The van der Waals surface area contributed by atoms with Crippen molar-refractivity contribution in [3.05, 3.63) is 53.6 Å². The van der Waals surface area contributed by atoms with Crippen LogP contribution in [0.1, 0.15) is 24.5 Å². The van der Waals surface area contributed by atoms with E-state index in [0.717, 1.165) is 22.6 Å². The summed E-state index contributed by atoms with van der Waals surface area (Å²) in [5, 5.41) is 3.20. The number of nitrogens with zero attached hydrogens (tertiary/aromatic N) is 1. The summed E-state index contributed by atoms with van der Waals surface area (Å²) >= 11 is 0. The Morgan fingerprint density at radius 3 is 2.32 bits per heavy atom. The fourth-order valence-corrected chi connectivity index (χ4v) is 3.13. The Labute approximate surface area is 147 Å². The molecule has 5 heteroatoms. The minimum absolute atomic E-state index is 0.152. The van der Waals surface area contributed by atoms with Crippen LogP contribution in [-0.4, -0.2) is 24.5 Å². The largest absolute Gasteiger partial charge is 0.494 e. The fraction of sp³-hybridized carbons (Fsp3) is 0.300. The van der Waals surface area contributed by atoms with Crippen LogP contribution in [0.5, 0.6) is 5.75 Å². The third kappa shape index (κ3) is 3.65. The van der Waals surface area contributed by atoms with Crippen LogP contribution >= 0.6 is 0 Å². The van der Waals surface area contributed by atoms with E-state index in [0.29, 0.717) is 12.3 Å². The van der Waals surface area contributed by atoms with Gasteiger partial charge >= 0.3 is 0 Å². The minimum atomic E-state index is -0.541. The van der Waals surface area contributed by atoms with Gasteiger partial charge in [0.15, 0.2) is 0 Å². The molecule has 1 aliphatic rings. The number of rotatable bonds is 5. The maximum absolute atomic E-state index is 12.7. The molecule has 0 radical (unpaired) electrons. The molecule has 0 saturated carbocycles. The van der Waals surface area contributed by atoms with Crippen molar-refractivity contribution in [2.45, 2.75) is 33.2 Å². The summed E-state index contributed by atoms with van der Waals surface area (Å²) in [5.74, 6) is 0.291. The molecule has 1 aliphatic heterocycles. The SMILES string of the molecule is CCOc1ccc(N2C(=O)C[C@H](Nc3cc(C)cc(C)c3)C2=O)cc1. The Morgan fingerprint density at radius 1 is 1.08 bits per heavy atom. The van der Waals surface area contributed by atoms with Crippen molar-refractivity contribution < 1.29 is 14.3 Å². The third-order valence-corrected chi connectivity index (χ3v) is 4.12. The zero-order valence-corrected chi connectivity index (χ0v) is 14.7. The molecule has 2 amide bonds. The average Bonchev–Trinajstić information content (AvgIpc) is 2.82. The maximum atomic E-state index is 12.7. The van der Waals surface area contributed by atoms with Crippen LogP contribution < -0.4 is 15.0 Å². The van der Waals surface area contributed by atoms with Gasteiger partial charge in [-0.2, -0.15) is 0 Å². The lowest BCUT2D eigenvalue weighted by Crippen LogP contribution is -2.34. The molecular weight excluding hydrogens is 316 g/mol. The molecule has 25 heavy (non-hydrogen) atoms. The van der Waals surface area contributed by atoms with Crippen LogP contribution in [0.2, 0.25) is 0 Å².